The summed E-state index contributed by atoms with van der Waals surface area (Å²) in [6.45, 7) is 0.264. The summed E-state index contributed by atoms with van der Waals surface area (Å²) in [7, 11) is 0. The third-order valence-corrected chi connectivity index (χ3v) is 2.62. The first kappa shape index (κ1) is 13.0. The SMILES string of the molecule is O=C(Cc1ccccc1)C(=O)NCc1ccccn1. The highest BCUT2D eigenvalue weighted by atomic mass is 16.2. The molecule has 1 amide bonds. The summed E-state index contributed by atoms with van der Waals surface area (Å²) < 4.78 is 0. The van der Waals surface area contributed by atoms with Crippen LogP contribution in [0.4, 0.5) is 0 Å². The Morgan fingerprint density at radius 2 is 1.74 bits per heavy atom. The lowest BCUT2D eigenvalue weighted by molar-refractivity contribution is -0.137. The molecule has 0 atom stereocenters. The van der Waals surface area contributed by atoms with E-state index in [4.69, 9.17) is 0 Å². The van der Waals surface area contributed by atoms with Gasteiger partial charge >= 0.3 is 0 Å². The van der Waals surface area contributed by atoms with Gasteiger partial charge in [0.05, 0.1) is 12.2 Å². The number of aromatic nitrogens is 1. The molecule has 1 N–H and O–H groups in total. The number of ketones is 1. The Balaban J connectivity index is 1.85. The maximum atomic E-state index is 11.7. The number of carbonyl (C=O) groups is 2. The Morgan fingerprint density at radius 3 is 2.42 bits per heavy atom. The van der Waals surface area contributed by atoms with Crippen molar-refractivity contribution in [3.63, 3.8) is 0 Å². The second-order valence-corrected chi connectivity index (χ2v) is 4.09. The van der Waals surface area contributed by atoms with Crippen LogP contribution in [0.3, 0.4) is 0 Å². The fourth-order valence-corrected chi connectivity index (χ4v) is 1.63. The molecule has 0 unspecified atom stereocenters. The second-order valence-electron chi connectivity index (χ2n) is 4.09. The minimum absolute atomic E-state index is 0.120. The van der Waals surface area contributed by atoms with Gasteiger partial charge in [-0.05, 0) is 17.7 Å². The van der Waals surface area contributed by atoms with E-state index in [2.05, 4.69) is 10.3 Å². The molecule has 96 valence electrons. The van der Waals surface area contributed by atoms with E-state index in [-0.39, 0.29) is 13.0 Å². The molecule has 0 bridgehead atoms. The summed E-state index contributed by atoms with van der Waals surface area (Å²) in [5.41, 5.74) is 1.56. The van der Waals surface area contributed by atoms with Crippen molar-refractivity contribution in [1.29, 1.82) is 0 Å². The van der Waals surface area contributed by atoms with Crippen molar-refractivity contribution in [3.05, 3.63) is 66.0 Å². The number of amides is 1. The van der Waals surface area contributed by atoms with Gasteiger partial charge in [0.15, 0.2) is 0 Å². The zero-order chi connectivity index (χ0) is 13.5. The molecule has 0 saturated carbocycles. The molecule has 1 aromatic carbocycles. The summed E-state index contributed by atoms with van der Waals surface area (Å²) in [6.07, 6.45) is 1.77. The molecule has 0 spiro atoms. The fraction of sp³-hybridized carbons (Fsp3) is 0.133. The van der Waals surface area contributed by atoms with Crippen LogP contribution in [0.2, 0.25) is 0 Å². The van der Waals surface area contributed by atoms with Crippen molar-refractivity contribution in [3.8, 4) is 0 Å². The molecule has 0 aliphatic carbocycles. The number of hydrogen-bond acceptors (Lipinski definition) is 3. The Bertz CT molecular complexity index is 553. The molecule has 0 aliphatic rings. The van der Waals surface area contributed by atoms with Gasteiger partial charge in [-0.15, -0.1) is 0 Å². The van der Waals surface area contributed by atoms with Crippen LogP contribution in [0.25, 0.3) is 0 Å². The molecule has 0 aliphatic heterocycles. The van der Waals surface area contributed by atoms with Crippen LogP contribution >= 0.6 is 0 Å². The number of benzene rings is 1. The van der Waals surface area contributed by atoms with Gasteiger partial charge in [0, 0.05) is 12.6 Å². The van der Waals surface area contributed by atoms with Crippen molar-refractivity contribution >= 4 is 11.7 Å². The molecule has 1 aromatic heterocycles. The zero-order valence-corrected chi connectivity index (χ0v) is 10.4. The van der Waals surface area contributed by atoms with E-state index < -0.39 is 11.7 Å². The van der Waals surface area contributed by atoms with Gasteiger partial charge in [0.2, 0.25) is 5.78 Å². The first-order chi connectivity index (χ1) is 9.25. The normalized spacial score (nSPS) is 9.89. The summed E-state index contributed by atoms with van der Waals surface area (Å²) in [5, 5.41) is 2.57. The molecule has 0 fully saturated rings. The number of rotatable bonds is 5. The van der Waals surface area contributed by atoms with Gasteiger partial charge in [-0.3, -0.25) is 14.6 Å². The first-order valence-electron chi connectivity index (χ1n) is 6.00. The number of carbonyl (C=O) groups excluding carboxylic acids is 2. The van der Waals surface area contributed by atoms with Crippen LogP contribution in [0.5, 0.6) is 0 Å². The van der Waals surface area contributed by atoms with E-state index in [1.165, 1.54) is 0 Å². The molecule has 19 heavy (non-hydrogen) atoms. The Kier molecular flexibility index (Phi) is 4.39. The molecule has 0 saturated heterocycles. The second kappa shape index (κ2) is 6.44. The van der Waals surface area contributed by atoms with Crippen molar-refractivity contribution in [2.75, 3.05) is 0 Å². The van der Waals surface area contributed by atoms with E-state index in [1.807, 2.05) is 36.4 Å². The number of nitrogens with zero attached hydrogens (tertiary/aromatic N) is 1. The average molecular weight is 254 g/mol. The van der Waals surface area contributed by atoms with E-state index in [1.54, 1.807) is 18.3 Å². The topological polar surface area (TPSA) is 59.1 Å². The quantitative estimate of drug-likeness (QED) is 0.823. The minimum atomic E-state index is -0.575. The Morgan fingerprint density at radius 1 is 1.00 bits per heavy atom. The van der Waals surface area contributed by atoms with Gasteiger partial charge in [0.25, 0.3) is 5.91 Å². The van der Waals surface area contributed by atoms with Crippen LogP contribution in [0, 0.1) is 0 Å². The van der Waals surface area contributed by atoms with Gasteiger partial charge in [-0.1, -0.05) is 36.4 Å². The number of hydrogen-bond donors (Lipinski definition) is 1. The molecule has 2 rings (SSSR count). The maximum Gasteiger partial charge on any atom is 0.288 e. The highest BCUT2D eigenvalue weighted by molar-refractivity contribution is 6.36. The molecule has 0 radical (unpaired) electrons. The molecular weight excluding hydrogens is 240 g/mol. The van der Waals surface area contributed by atoms with Gasteiger partial charge in [0.1, 0.15) is 0 Å². The lowest BCUT2D eigenvalue weighted by atomic mass is 10.1. The van der Waals surface area contributed by atoms with Crippen molar-refractivity contribution in [1.82, 2.24) is 10.3 Å². The van der Waals surface area contributed by atoms with Crippen LogP contribution < -0.4 is 5.32 Å². The van der Waals surface area contributed by atoms with E-state index in [0.29, 0.717) is 0 Å². The number of nitrogens with one attached hydrogen (secondary N) is 1. The molecule has 1 heterocycles. The molecule has 4 heteroatoms. The van der Waals surface area contributed by atoms with Gasteiger partial charge in [-0.25, -0.2) is 0 Å². The van der Waals surface area contributed by atoms with Crippen LogP contribution in [-0.4, -0.2) is 16.7 Å². The largest absolute Gasteiger partial charge is 0.344 e. The van der Waals surface area contributed by atoms with Crippen molar-refractivity contribution in [2.45, 2.75) is 13.0 Å². The van der Waals surface area contributed by atoms with E-state index in [0.717, 1.165) is 11.3 Å². The zero-order valence-electron chi connectivity index (χ0n) is 10.4. The summed E-state index contributed by atoms with van der Waals surface area (Å²) in [6, 6.07) is 14.6. The standard InChI is InChI=1S/C15H14N2O2/c18-14(10-12-6-2-1-3-7-12)15(19)17-11-13-8-4-5-9-16-13/h1-9H,10-11H2,(H,17,19). The molecule has 4 nitrogen and oxygen atoms in total. The number of pyridine rings is 1. The number of Topliss-reactive ketones (excluding diaryl/α,β-unsaturated/α-hetero) is 1. The maximum absolute atomic E-state index is 11.7. The third-order valence-electron chi connectivity index (χ3n) is 2.62. The predicted octanol–water partition coefficient (Wildman–Crippen LogP) is 1.51. The van der Waals surface area contributed by atoms with Crippen LogP contribution in [0.15, 0.2) is 54.7 Å². The summed E-state index contributed by atoms with van der Waals surface area (Å²) in [4.78, 5) is 27.4. The highest BCUT2D eigenvalue weighted by Gasteiger charge is 2.13. The average Bonchev–Trinajstić information content (AvgIpc) is 2.47. The highest BCUT2D eigenvalue weighted by Crippen LogP contribution is 2.00. The molecule has 2 aromatic rings. The summed E-state index contributed by atoms with van der Waals surface area (Å²) in [5.74, 6) is -1.02. The molecular formula is C15H14N2O2. The summed E-state index contributed by atoms with van der Waals surface area (Å²) >= 11 is 0. The van der Waals surface area contributed by atoms with E-state index in [9.17, 15) is 9.59 Å². The lowest BCUT2D eigenvalue weighted by Gasteiger charge is -2.04. The minimum Gasteiger partial charge on any atom is -0.344 e. The third kappa shape index (κ3) is 4.03. The van der Waals surface area contributed by atoms with Gasteiger partial charge in [-0.2, -0.15) is 0 Å². The van der Waals surface area contributed by atoms with E-state index >= 15 is 0 Å². The Hall–Kier alpha value is -2.49. The monoisotopic (exact) mass is 254 g/mol. The van der Waals surface area contributed by atoms with Crippen molar-refractivity contribution < 1.29 is 9.59 Å². The van der Waals surface area contributed by atoms with Crippen LogP contribution in [0.1, 0.15) is 11.3 Å². The van der Waals surface area contributed by atoms with Crippen molar-refractivity contribution in [2.24, 2.45) is 0 Å². The van der Waals surface area contributed by atoms with Crippen LogP contribution in [-0.2, 0) is 22.6 Å². The predicted molar refractivity (Wildman–Crippen MR) is 71.2 cm³/mol. The first-order valence-corrected chi connectivity index (χ1v) is 6.00. The smallest absolute Gasteiger partial charge is 0.288 e. The lowest BCUT2D eigenvalue weighted by Crippen LogP contribution is -2.31. The fourth-order valence-electron chi connectivity index (χ4n) is 1.63. The van der Waals surface area contributed by atoms with Gasteiger partial charge < -0.3 is 5.32 Å². The Labute approximate surface area is 111 Å².